The van der Waals surface area contributed by atoms with Crippen LogP contribution in [0.15, 0.2) is 0 Å². The molecule has 206 valence electrons. The zero-order valence-corrected chi connectivity index (χ0v) is 25.5. The van der Waals surface area contributed by atoms with Crippen LogP contribution >= 0.6 is 0 Å². The maximum atomic E-state index is 9.60. The number of carbonyl (C=O) groups is 1. The summed E-state index contributed by atoms with van der Waals surface area (Å²) in [6.07, 6.45) is 14.7. The van der Waals surface area contributed by atoms with Crippen LogP contribution in [0.5, 0.6) is 0 Å². The lowest BCUT2D eigenvalue weighted by molar-refractivity contribution is -0.387. The largest absolute Gasteiger partial charge is 0.481 e. The molecular weight excluding hydrogens is 440 g/mol. The van der Waals surface area contributed by atoms with Crippen LogP contribution in [0.25, 0.3) is 0 Å². The highest BCUT2D eigenvalue weighted by atomic mass is 16.4. The van der Waals surface area contributed by atoms with E-state index in [4.69, 9.17) is 5.11 Å². The molecule has 9 fully saturated rings. The topological polar surface area (TPSA) is 37.3 Å². The van der Waals surface area contributed by atoms with E-state index in [-0.39, 0.29) is 0 Å². The lowest BCUT2D eigenvalue weighted by Crippen LogP contribution is -2.80. The van der Waals surface area contributed by atoms with E-state index in [2.05, 4.69) is 62.3 Å². The predicted octanol–water partition coefficient (Wildman–Crippen LogP) is 9.61. The summed E-state index contributed by atoms with van der Waals surface area (Å²) in [5.74, 6) is 4.20. The zero-order valence-electron chi connectivity index (χ0n) is 25.5. The third-order valence-electron chi connectivity index (χ3n) is 15.8. The lowest BCUT2D eigenvalue weighted by Gasteiger charge is -2.87. The molecule has 0 spiro atoms. The van der Waals surface area contributed by atoms with E-state index in [0.29, 0.717) is 44.3 Å². The Hall–Kier alpha value is -0.530. The first-order valence-electron chi connectivity index (χ1n) is 15.7. The maximum absolute atomic E-state index is 9.60. The van der Waals surface area contributed by atoms with Gasteiger partial charge in [-0.1, -0.05) is 69.2 Å². The molecular formula is C34H58O2. The normalized spacial score (nSPS) is 52.4. The van der Waals surface area contributed by atoms with Crippen LogP contribution in [0.3, 0.4) is 0 Å². The van der Waals surface area contributed by atoms with Crippen LogP contribution in [0, 0.1) is 67.5 Å². The molecule has 0 saturated heterocycles. The summed E-state index contributed by atoms with van der Waals surface area (Å²) in [5.41, 5.74) is 3.78. The highest BCUT2D eigenvalue weighted by molar-refractivity contribution is 5.66. The van der Waals surface area contributed by atoms with Gasteiger partial charge in [-0.25, -0.2) is 0 Å². The molecule has 1 N–H and O–H groups in total. The molecule has 9 aliphatic rings. The second-order valence-electron chi connectivity index (χ2n) is 17.1. The Labute approximate surface area is 223 Å². The molecule has 0 amide bonds. The van der Waals surface area contributed by atoms with Crippen molar-refractivity contribution in [2.24, 2.45) is 67.5 Å². The molecule has 2 nitrogen and oxygen atoms in total. The van der Waals surface area contributed by atoms with Gasteiger partial charge in [-0.05, 0) is 132 Å². The third-order valence-corrected chi connectivity index (χ3v) is 15.8. The molecule has 0 aromatic rings. The summed E-state index contributed by atoms with van der Waals surface area (Å²) in [6.45, 7) is 26.4. The van der Waals surface area contributed by atoms with E-state index in [1.165, 1.54) is 51.4 Å². The molecule has 9 saturated carbocycles. The van der Waals surface area contributed by atoms with Gasteiger partial charge in [0.15, 0.2) is 0 Å². The van der Waals surface area contributed by atoms with Gasteiger partial charge in [0.1, 0.15) is 0 Å². The Kier molecular flexibility index (Phi) is 5.84. The van der Waals surface area contributed by atoms with Crippen molar-refractivity contribution in [1.29, 1.82) is 0 Å². The van der Waals surface area contributed by atoms with E-state index in [1.807, 2.05) is 6.92 Å². The van der Waals surface area contributed by atoms with Crippen molar-refractivity contribution < 1.29 is 9.90 Å². The summed E-state index contributed by atoms with van der Waals surface area (Å²) < 4.78 is 0. The average molecular weight is 499 g/mol. The van der Waals surface area contributed by atoms with E-state index >= 15 is 0 Å². The molecule has 2 heteroatoms. The summed E-state index contributed by atoms with van der Waals surface area (Å²) in [6, 6.07) is 0. The molecule has 6 bridgehead atoms. The number of fused-ring (bicyclic) bond motifs is 7. The van der Waals surface area contributed by atoms with Gasteiger partial charge in [-0.3, -0.25) is 4.79 Å². The van der Waals surface area contributed by atoms with Gasteiger partial charge in [0.2, 0.25) is 0 Å². The molecule has 0 aromatic heterocycles. The molecule has 0 aliphatic heterocycles. The minimum absolute atomic E-state index is 0.292. The average Bonchev–Trinajstić information content (AvgIpc) is 2.78. The van der Waals surface area contributed by atoms with Gasteiger partial charge in [-0.2, -0.15) is 0 Å². The Morgan fingerprint density at radius 3 is 1.58 bits per heavy atom. The Morgan fingerprint density at radius 2 is 1.19 bits per heavy atom. The molecule has 9 aliphatic carbocycles. The Balaban J connectivity index is 0.000000400. The van der Waals surface area contributed by atoms with Crippen molar-refractivity contribution in [2.75, 3.05) is 0 Å². The smallest absolute Gasteiger partial charge is 0.303 e. The first kappa shape index (κ1) is 27.1. The third kappa shape index (κ3) is 2.84. The Bertz CT molecular complexity index is 910. The van der Waals surface area contributed by atoms with E-state index in [9.17, 15) is 4.79 Å². The summed E-state index contributed by atoms with van der Waals surface area (Å²) in [7, 11) is 0. The minimum Gasteiger partial charge on any atom is -0.481 e. The second-order valence-corrected chi connectivity index (χ2v) is 17.1. The van der Waals surface area contributed by atoms with Crippen molar-refractivity contribution in [3.63, 3.8) is 0 Å². The summed E-state index contributed by atoms with van der Waals surface area (Å²) >= 11 is 0. The van der Waals surface area contributed by atoms with Crippen LogP contribution in [-0.4, -0.2) is 11.1 Å². The molecule has 9 rings (SSSR count). The zero-order chi connectivity index (χ0) is 26.7. The first-order chi connectivity index (χ1) is 16.5. The van der Waals surface area contributed by atoms with Crippen LogP contribution in [0.4, 0.5) is 0 Å². The van der Waals surface area contributed by atoms with Gasteiger partial charge >= 0.3 is 5.97 Å². The molecule has 36 heavy (non-hydrogen) atoms. The van der Waals surface area contributed by atoms with Gasteiger partial charge in [0.25, 0.3) is 0 Å². The van der Waals surface area contributed by atoms with Gasteiger partial charge in [0, 0.05) is 6.42 Å². The van der Waals surface area contributed by atoms with Gasteiger partial charge in [0.05, 0.1) is 0 Å². The van der Waals surface area contributed by atoms with Crippen molar-refractivity contribution in [1.82, 2.24) is 0 Å². The number of hydrogen-bond acceptors (Lipinski definition) is 1. The standard InChI is InChI=1S/C30H50.C4H8O2/c1-24(2)19-10-13-27(7,22(24)16-19)29(9)15-12-21-18-30(29,26(21,5)6)28(8)14-11-20-17-23(28)25(20,3)4;1-2-3-4(5)6/h19-23H,10-18H2,1-9H3;2-3H2,1H3,(H,5,6). The van der Waals surface area contributed by atoms with Crippen molar-refractivity contribution >= 4 is 5.97 Å². The van der Waals surface area contributed by atoms with Crippen molar-refractivity contribution in [3.8, 4) is 0 Å². The number of rotatable bonds is 4. The van der Waals surface area contributed by atoms with E-state index in [1.54, 1.807) is 6.42 Å². The number of carboxylic acid groups (broad SMARTS) is 1. The fraction of sp³-hybridized carbons (Fsp3) is 0.971. The van der Waals surface area contributed by atoms with Crippen molar-refractivity contribution in [3.05, 3.63) is 0 Å². The maximum Gasteiger partial charge on any atom is 0.303 e. The predicted molar refractivity (Wildman–Crippen MR) is 150 cm³/mol. The number of carboxylic acids is 1. The van der Waals surface area contributed by atoms with Crippen LogP contribution in [0.2, 0.25) is 0 Å². The fourth-order valence-electron chi connectivity index (χ4n) is 13.4. The van der Waals surface area contributed by atoms with E-state index < -0.39 is 5.97 Å². The summed E-state index contributed by atoms with van der Waals surface area (Å²) in [5, 5.41) is 7.91. The summed E-state index contributed by atoms with van der Waals surface area (Å²) in [4.78, 5) is 9.60. The Morgan fingerprint density at radius 1 is 0.722 bits per heavy atom. The molecule has 9 unspecified atom stereocenters. The number of aliphatic carboxylic acids is 1. The lowest BCUT2D eigenvalue weighted by atomic mass is 9.17. The molecule has 0 aromatic carbocycles. The van der Waals surface area contributed by atoms with Gasteiger partial charge < -0.3 is 5.11 Å². The van der Waals surface area contributed by atoms with Crippen LogP contribution in [0.1, 0.15) is 140 Å². The number of hydrogen-bond donors (Lipinski definition) is 1. The van der Waals surface area contributed by atoms with Crippen molar-refractivity contribution in [2.45, 2.75) is 140 Å². The fourth-order valence-corrected chi connectivity index (χ4v) is 13.4. The van der Waals surface area contributed by atoms with Gasteiger partial charge in [-0.15, -0.1) is 0 Å². The first-order valence-corrected chi connectivity index (χ1v) is 15.7. The minimum atomic E-state index is -0.711. The molecule has 9 atom stereocenters. The van der Waals surface area contributed by atoms with Crippen LogP contribution < -0.4 is 0 Å². The highest BCUT2D eigenvalue weighted by Crippen LogP contribution is 2.90. The molecule has 0 radical (unpaired) electrons. The monoisotopic (exact) mass is 498 g/mol. The second kappa shape index (κ2) is 7.78. The molecule has 0 heterocycles. The SMILES string of the molecule is CC1(C)C2CCC(C)(C3(C)CCC4CC3(C3(C)CCC5CC3C5(C)C)C4(C)C)C1C2.CCCC(=O)O. The van der Waals surface area contributed by atoms with Crippen LogP contribution in [-0.2, 0) is 4.79 Å². The quantitative estimate of drug-likeness (QED) is 0.419. The highest BCUT2D eigenvalue weighted by Gasteiger charge is 2.83. The van der Waals surface area contributed by atoms with E-state index in [0.717, 1.165) is 36.0 Å².